The number of rotatable bonds is 4. The van der Waals surface area contributed by atoms with Crippen LogP contribution in [0.4, 0.5) is 0 Å². The zero-order valence-electron chi connectivity index (χ0n) is 14.2. The fourth-order valence-corrected chi connectivity index (χ4v) is 2.95. The molecular weight excluding hydrogens is 348 g/mol. The molecule has 3 aromatic rings. The number of ether oxygens (including phenoxy) is 1. The second-order valence-electron chi connectivity index (χ2n) is 6.14. The lowest BCUT2D eigenvalue weighted by Crippen LogP contribution is -2.28. The summed E-state index contributed by atoms with van der Waals surface area (Å²) in [4.78, 5) is 44.6. The Bertz CT molecular complexity index is 1120. The summed E-state index contributed by atoms with van der Waals surface area (Å²) in [6, 6.07) is 10.6. The van der Waals surface area contributed by atoms with Crippen molar-refractivity contribution < 1.29 is 9.53 Å². The van der Waals surface area contributed by atoms with Crippen molar-refractivity contribution in [2.45, 2.75) is 12.8 Å². The van der Waals surface area contributed by atoms with Gasteiger partial charge in [-0.25, -0.2) is 4.79 Å². The first kappa shape index (κ1) is 16.8. The maximum atomic E-state index is 12.4. The Morgan fingerprint density at radius 2 is 2.07 bits per heavy atom. The number of aromatic nitrogens is 3. The van der Waals surface area contributed by atoms with Crippen LogP contribution >= 0.6 is 0 Å². The van der Waals surface area contributed by atoms with Crippen LogP contribution in [0.25, 0.3) is 0 Å². The van der Waals surface area contributed by atoms with Crippen molar-refractivity contribution in [1.82, 2.24) is 20.3 Å². The topological polar surface area (TPSA) is 117 Å². The summed E-state index contributed by atoms with van der Waals surface area (Å²) in [6.45, 7) is 0.465. The Kier molecular flexibility index (Phi) is 4.29. The number of nitrogens with zero attached hydrogens (tertiary/aromatic N) is 1. The van der Waals surface area contributed by atoms with Gasteiger partial charge in [-0.05, 0) is 30.3 Å². The van der Waals surface area contributed by atoms with Crippen molar-refractivity contribution in [1.29, 1.82) is 0 Å². The maximum Gasteiger partial charge on any atom is 0.328 e. The number of amides is 1. The Balaban J connectivity index is 1.48. The van der Waals surface area contributed by atoms with E-state index in [0.717, 1.165) is 5.69 Å². The molecule has 1 aliphatic heterocycles. The lowest BCUT2D eigenvalue weighted by Gasteiger charge is -2.19. The molecule has 1 aliphatic rings. The Labute approximate surface area is 153 Å². The summed E-state index contributed by atoms with van der Waals surface area (Å²) >= 11 is 0. The fraction of sp³-hybridized carbons (Fsp3) is 0.158. The average Bonchev–Trinajstić information content (AvgIpc) is 2.67. The van der Waals surface area contributed by atoms with Crippen LogP contribution in [0, 0.1) is 0 Å². The van der Waals surface area contributed by atoms with Gasteiger partial charge in [0.2, 0.25) is 5.88 Å². The van der Waals surface area contributed by atoms with Crippen molar-refractivity contribution >= 4 is 5.91 Å². The molecule has 0 aliphatic carbocycles. The van der Waals surface area contributed by atoms with Gasteiger partial charge in [-0.15, -0.1) is 0 Å². The molecule has 0 saturated carbocycles. The number of nitrogens with one attached hydrogen (secondary N) is 3. The van der Waals surface area contributed by atoms with Crippen LogP contribution in [-0.2, 0) is 12.8 Å². The van der Waals surface area contributed by atoms with Gasteiger partial charge in [-0.2, -0.15) is 0 Å². The van der Waals surface area contributed by atoms with E-state index in [1.807, 2.05) is 18.2 Å². The van der Waals surface area contributed by atoms with E-state index in [2.05, 4.69) is 20.3 Å². The molecule has 136 valence electrons. The van der Waals surface area contributed by atoms with Crippen molar-refractivity contribution in [3.63, 3.8) is 0 Å². The second-order valence-corrected chi connectivity index (χ2v) is 6.14. The third kappa shape index (κ3) is 3.50. The average molecular weight is 364 g/mol. The van der Waals surface area contributed by atoms with Crippen LogP contribution in [0.2, 0.25) is 0 Å². The number of aromatic amines is 2. The van der Waals surface area contributed by atoms with Crippen LogP contribution in [-0.4, -0.2) is 27.4 Å². The number of benzene rings is 1. The smallest absolute Gasteiger partial charge is 0.328 e. The van der Waals surface area contributed by atoms with Gasteiger partial charge in [0.1, 0.15) is 5.75 Å². The summed E-state index contributed by atoms with van der Waals surface area (Å²) < 4.78 is 5.60. The van der Waals surface area contributed by atoms with Gasteiger partial charge in [-0.3, -0.25) is 24.5 Å². The number of carbonyl (C=O) groups is 1. The summed E-state index contributed by atoms with van der Waals surface area (Å²) in [5.74, 6) is 0.438. The summed E-state index contributed by atoms with van der Waals surface area (Å²) in [6.07, 6.45) is 2.62. The molecule has 0 fully saturated rings. The number of carbonyl (C=O) groups excluding carboxylic acids is 1. The van der Waals surface area contributed by atoms with E-state index in [1.165, 1.54) is 0 Å². The number of H-pyrrole nitrogens is 2. The van der Waals surface area contributed by atoms with E-state index in [-0.39, 0.29) is 18.2 Å². The maximum absolute atomic E-state index is 12.4. The van der Waals surface area contributed by atoms with E-state index < -0.39 is 11.2 Å². The van der Waals surface area contributed by atoms with Gasteiger partial charge >= 0.3 is 5.69 Å². The van der Waals surface area contributed by atoms with Crippen molar-refractivity contribution in [2.24, 2.45) is 0 Å². The molecule has 3 heterocycles. The summed E-state index contributed by atoms with van der Waals surface area (Å²) in [5.41, 5.74) is 1.30. The highest BCUT2D eigenvalue weighted by atomic mass is 16.5. The van der Waals surface area contributed by atoms with Gasteiger partial charge in [0.05, 0.1) is 5.56 Å². The highest BCUT2D eigenvalue weighted by Gasteiger charge is 2.22. The Hall–Kier alpha value is -3.68. The van der Waals surface area contributed by atoms with E-state index in [1.54, 1.807) is 24.4 Å². The molecule has 27 heavy (non-hydrogen) atoms. The van der Waals surface area contributed by atoms with Gasteiger partial charge in [0.25, 0.3) is 11.5 Å². The number of hydrogen-bond acceptors (Lipinski definition) is 5. The van der Waals surface area contributed by atoms with Crippen LogP contribution in [0.3, 0.4) is 0 Å². The van der Waals surface area contributed by atoms with Crippen LogP contribution in [0.15, 0.2) is 52.2 Å². The first-order valence-corrected chi connectivity index (χ1v) is 8.44. The fourth-order valence-electron chi connectivity index (χ4n) is 2.95. The van der Waals surface area contributed by atoms with Gasteiger partial charge in [0.15, 0.2) is 0 Å². The van der Waals surface area contributed by atoms with Crippen LogP contribution in [0.1, 0.15) is 27.2 Å². The molecule has 2 aromatic heterocycles. The zero-order valence-corrected chi connectivity index (χ0v) is 14.2. The van der Waals surface area contributed by atoms with Crippen molar-refractivity contribution in [3.05, 3.63) is 85.8 Å². The molecule has 0 unspecified atom stereocenters. The molecule has 1 aromatic carbocycles. The molecule has 4 rings (SSSR count). The van der Waals surface area contributed by atoms with Gasteiger partial charge in [-0.1, -0.05) is 6.07 Å². The van der Waals surface area contributed by atoms with E-state index in [0.29, 0.717) is 35.4 Å². The minimum atomic E-state index is -0.619. The highest BCUT2D eigenvalue weighted by molar-refractivity contribution is 5.94. The summed E-state index contributed by atoms with van der Waals surface area (Å²) in [5, 5.41) is 2.86. The minimum Gasteiger partial charge on any atom is -0.440 e. The molecule has 0 bridgehead atoms. The second kappa shape index (κ2) is 6.91. The SMILES string of the molecule is O=C(NCCc1ccccn1)c1ccc2c(c1)Cc1c([nH]c(=O)[nH]c1=O)O2. The molecule has 0 radical (unpaired) electrons. The quantitative estimate of drug-likeness (QED) is 0.502. The normalized spacial score (nSPS) is 11.9. The molecule has 8 nitrogen and oxygen atoms in total. The first-order chi connectivity index (χ1) is 13.1. The molecule has 1 amide bonds. The van der Waals surface area contributed by atoms with Crippen molar-refractivity contribution in [2.75, 3.05) is 6.54 Å². The molecule has 0 atom stereocenters. The number of pyridine rings is 1. The molecule has 0 spiro atoms. The third-order valence-electron chi connectivity index (χ3n) is 4.30. The van der Waals surface area contributed by atoms with Crippen LogP contribution in [0.5, 0.6) is 11.6 Å². The molecule has 3 N–H and O–H groups in total. The molecule has 8 heteroatoms. The Morgan fingerprint density at radius 1 is 1.19 bits per heavy atom. The first-order valence-electron chi connectivity index (χ1n) is 8.44. The highest BCUT2D eigenvalue weighted by Crippen LogP contribution is 2.33. The predicted octanol–water partition coefficient (Wildman–Crippen LogP) is 1.13. The van der Waals surface area contributed by atoms with E-state index in [9.17, 15) is 14.4 Å². The van der Waals surface area contributed by atoms with Crippen LogP contribution < -0.4 is 21.3 Å². The monoisotopic (exact) mass is 364 g/mol. The molecular formula is C19H16N4O4. The third-order valence-corrected chi connectivity index (χ3v) is 4.30. The van der Waals surface area contributed by atoms with Gasteiger partial charge in [0, 0.05) is 42.4 Å². The van der Waals surface area contributed by atoms with Gasteiger partial charge < -0.3 is 10.1 Å². The van der Waals surface area contributed by atoms with E-state index >= 15 is 0 Å². The standard InChI is InChI=1S/C19H16N4O4/c24-16(21-8-6-13-3-1-2-7-20-13)11-4-5-15-12(9-11)10-14-17(25)22-19(26)23-18(14)27-15/h1-5,7,9H,6,8,10H2,(H,21,24)(H2,22,23,25,26). The predicted molar refractivity (Wildman–Crippen MR) is 97.3 cm³/mol. The zero-order chi connectivity index (χ0) is 18.8. The Morgan fingerprint density at radius 3 is 2.89 bits per heavy atom. The lowest BCUT2D eigenvalue weighted by atomic mass is 10.0. The summed E-state index contributed by atoms with van der Waals surface area (Å²) in [7, 11) is 0. The minimum absolute atomic E-state index is 0.142. The van der Waals surface area contributed by atoms with E-state index in [4.69, 9.17) is 4.74 Å². The number of hydrogen-bond donors (Lipinski definition) is 3. The lowest BCUT2D eigenvalue weighted by molar-refractivity contribution is 0.0954. The van der Waals surface area contributed by atoms with Crippen molar-refractivity contribution in [3.8, 4) is 11.6 Å². The molecule has 0 saturated heterocycles. The largest absolute Gasteiger partial charge is 0.440 e. The number of fused-ring (bicyclic) bond motifs is 2.